The molecule has 0 radical (unpaired) electrons. The smallest absolute Gasteiger partial charge is 0.256 e. The van der Waals surface area contributed by atoms with Gasteiger partial charge in [0.25, 0.3) is 5.56 Å². The summed E-state index contributed by atoms with van der Waals surface area (Å²) in [6.07, 6.45) is 3.04. The highest BCUT2D eigenvalue weighted by Crippen LogP contribution is 2.19. The number of aromatic nitrogens is 1. The van der Waals surface area contributed by atoms with E-state index < -0.39 is 0 Å². The number of hydrogen-bond donors (Lipinski definition) is 1. The van der Waals surface area contributed by atoms with E-state index >= 15 is 0 Å². The van der Waals surface area contributed by atoms with E-state index in [4.69, 9.17) is 4.74 Å². The highest BCUT2D eigenvalue weighted by atomic mass is 19.1. The second kappa shape index (κ2) is 6.58. The minimum atomic E-state index is -0.344. The summed E-state index contributed by atoms with van der Waals surface area (Å²) in [6.45, 7) is 2.65. The monoisotopic (exact) mass is 304 g/mol. The van der Waals surface area contributed by atoms with Crippen LogP contribution in [0.3, 0.4) is 0 Å². The van der Waals surface area contributed by atoms with Gasteiger partial charge in [0.15, 0.2) is 0 Å². The second-order valence-corrected chi connectivity index (χ2v) is 5.86. The first-order valence-electron chi connectivity index (χ1n) is 7.72. The van der Waals surface area contributed by atoms with Crippen LogP contribution in [0.4, 0.5) is 4.39 Å². The summed E-state index contributed by atoms with van der Waals surface area (Å²) in [6, 6.07) is 6.81. The molecule has 1 saturated heterocycles. The zero-order valence-electron chi connectivity index (χ0n) is 12.8. The number of H-pyrrole nitrogens is 1. The fourth-order valence-corrected chi connectivity index (χ4v) is 3.27. The summed E-state index contributed by atoms with van der Waals surface area (Å²) in [4.78, 5) is 17.3. The van der Waals surface area contributed by atoms with Crippen molar-refractivity contribution < 1.29 is 9.13 Å². The van der Waals surface area contributed by atoms with Crippen LogP contribution in [-0.4, -0.2) is 42.7 Å². The molecule has 3 rings (SSSR count). The maximum absolute atomic E-state index is 13.9. The molecule has 1 aromatic carbocycles. The van der Waals surface area contributed by atoms with Crippen LogP contribution >= 0.6 is 0 Å². The van der Waals surface area contributed by atoms with Crippen molar-refractivity contribution in [2.45, 2.75) is 25.3 Å². The van der Waals surface area contributed by atoms with Crippen LogP contribution in [0.5, 0.6) is 0 Å². The van der Waals surface area contributed by atoms with Gasteiger partial charge in [-0.15, -0.1) is 0 Å². The van der Waals surface area contributed by atoms with E-state index in [1.165, 1.54) is 12.5 Å². The molecule has 0 amide bonds. The number of aromatic amines is 1. The molecule has 2 aromatic rings. The molecular formula is C17H21FN2O2. The lowest BCUT2D eigenvalue weighted by atomic mass is 10.1. The SMILES string of the molecule is COC[C@H]1CCCN1CCc1cc2c(F)cccc2c(=O)[nH]1. The summed E-state index contributed by atoms with van der Waals surface area (Å²) < 4.78 is 19.1. The first-order chi connectivity index (χ1) is 10.7. The van der Waals surface area contributed by atoms with Crippen LogP contribution in [-0.2, 0) is 11.2 Å². The first kappa shape index (κ1) is 15.2. The summed E-state index contributed by atoms with van der Waals surface area (Å²) in [5.74, 6) is -0.344. The van der Waals surface area contributed by atoms with Crippen LogP contribution in [0, 0.1) is 5.82 Å². The topological polar surface area (TPSA) is 45.3 Å². The average molecular weight is 304 g/mol. The zero-order chi connectivity index (χ0) is 15.5. The van der Waals surface area contributed by atoms with Gasteiger partial charge in [0, 0.05) is 42.6 Å². The number of benzene rings is 1. The summed E-state index contributed by atoms with van der Waals surface area (Å²) in [5.41, 5.74) is 0.563. The minimum absolute atomic E-state index is 0.220. The summed E-state index contributed by atoms with van der Waals surface area (Å²) in [5, 5.41) is 0.804. The Labute approximate surface area is 128 Å². The molecule has 118 valence electrons. The summed E-state index contributed by atoms with van der Waals surface area (Å²) >= 11 is 0. The molecule has 0 aliphatic carbocycles. The lowest BCUT2D eigenvalue weighted by molar-refractivity contribution is 0.116. The van der Waals surface area contributed by atoms with E-state index in [0.717, 1.165) is 31.8 Å². The predicted octanol–water partition coefficient (Wildman–Crippen LogP) is 2.32. The van der Waals surface area contributed by atoms with Gasteiger partial charge in [-0.2, -0.15) is 0 Å². The highest BCUT2D eigenvalue weighted by molar-refractivity contribution is 5.82. The van der Waals surface area contributed by atoms with Gasteiger partial charge in [0.2, 0.25) is 0 Å². The van der Waals surface area contributed by atoms with Crippen molar-refractivity contribution in [1.82, 2.24) is 9.88 Å². The predicted molar refractivity (Wildman–Crippen MR) is 84.7 cm³/mol. The molecule has 1 atom stereocenters. The maximum atomic E-state index is 13.9. The van der Waals surface area contributed by atoms with E-state index in [-0.39, 0.29) is 11.4 Å². The Hall–Kier alpha value is -1.72. The van der Waals surface area contributed by atoms with E-state index in [2.05, 4.69) is 9.88 Å². The van der Waals surface area contributed by atoms with Gasteiger partial charge in [-0.25, -0.2) is 4.39 Å². The molecular weight excluding hydrogens is 283 g/mol. The van der Waals surface area contributed by atoms with Crippen molar-refractivity contribution in [2.75, 3.05) is 26.8 Å². The molecule has 22 heavy (non-hydrogen) atoms. The number of halogens is 1. The van der Waals surface area contributed by atoms with Gasteiger partial charge in [-0.3, -0.25) is 9.69 Å². The Morgan fingerprint density at radius 3 is 3.09 bits per heavy atom. The third kappa shape index (κ3) is 3.05. The van der Waals surface area contributed by atoms with Crippen LogP contribution in [0.25, 0.3) is 10.8 Å². The molecule has 0 spiro atoms. The third-order valence-electron chi connectivity index (χ3n) is 4.42. The van der Waals surface area contributed by atoms with Crippen LogP contribution in [0.15, 0.2) is 29.1 Å². The maximum Gasteiger partial charge on any atom is 0.256 e. The molecule has 1 aliphatic rings. The number of pyridine rings is 1. The van der Waals surface area contributed by atoms with Crippen molar-refractivity contribution in [1.29, 1.82) is 0 Å². The average Bonchev–Trinajstić information content (AvgIpc) is 2.94. The Bertz CT molecular complexity index is 713. The number of fused-ring (bicyclic) bond motifs is 1. The summed E-state index contributed by atoms with van der Waals surface area (Å²) in [7, 11) is 1.72. The van der Waals surface area contributed by atoms with Gasteiger partial charge < -0.3 is 9.72 Å². The van der Waals surface area contributed by atoms with Gasteiger partial charge in [0.05, 0.1) is 6.61 Å². The van der Waals surface area contributed by atoms with E-state index in [1.807, 2.05) is 0 Å². The number of methoxy groups -OCH3 is 1. The van der Waals surface area contributed by atoms with Gasteiger partial charge in [-0.1, -0.05) is 6.07 Å². The molecule has 1 aromatic heterocycles. The molecule has 4 nitrogen and oxygen atoms in total. The Morgan fingerprint density at radius 2 is 2.27 bits per heavy atom. The molecule has 0 unspecified atom stereocenters. The molecule has 1 aliphatic heterocycles. The first-order valence-corrected chi connectivity index (χ1v) is 7.72. The fourth-order valence-electron chi connectivity index (χ4n) is 3.27. The van der Waals surface area contributed by atoms with Crippen molar-refractivity contribution >= 4 is 10.8 Å². The van der Waals surface area contributed by atoms with Crippen molar-refractivity contribution in [2.24, 2.45) is 0 Å². The van der Waals surface area contributed by atoms with E-state index in [9.17, 15) is 9.18 Å². The van der Waals surface area contributed by atoms with Gasteiger partial charge >= 0.3 is 0 Å². The molecule has 5 heteroatoms. The number of nitrogens with one attached hydrogen (secondary N) is 1. The van der Waals surface area contributed by atoms with Crippen molar-refractivity contribution in [3.05, 3.63) is 46.1 Å². The molecule has 2 heterocycles. The van der Waals surface area contributed by atoms with Crippen LogP contribution < -0.4 is 5.56 Å². The normalized spacial score (nSPS) is 19.1. The number of hydrogen-bond acceptors (Lipinski definition) is 3. The van der Waals surface area contributed by atoms with Crippen molar-refractivity contribution in [3.63, 3.8) is 0 Å². The third-order valence-corrected chi connectivity index (χ3v) is 4.42. The lowest BCUT2D eigenvalue weighted by Gasteiger charge is -2.23. The second-order valence-electron chi connectivity index (χ2n) is 5.86. The van der Waals surface area contributed by atoms with Crippen LogP contribution in [0.2, 0.25) is 0 Å². The Morgan fingerprint density at radius 1 is 1.41 bits per heavy atom. The number of likely N-dealkylation sites (tertiary alicyclic amines) is 1. The molecule has 1 N–H and O–H groups in total. The highest BCUT2D eigenvalue weighted by Gasteiger charge is 2.23. The van der Waals surface area contributed by atoms with Gasteiger partial charge in [-0.05, 0) is 37.6 Å². The minimum Gasteiger partial charge on any atom is -0.383 e. The van der Waals surface area contributed by atoms with Crippen LogP contribution in [0.1, 0.15) is 18.5 Å². The molecule has 1 fully saturated rings. The van der Waals surface area contributed by atoms with E-state index in [1.54, 1.807) is 25.3 Å². The van der Waals surface area contributed by atoms with Crippen molar-refractivity contribution in [3.8, 4) is 0 Å². The quantitative estimate of drug-likeness (QED) is 0.922. The molecule has 0 bridgehead atoms. The lowest BCUT2D eigenvalue weighted by Crippen LogP contribution is -2.34. The Kier molecular flexibility index (Phi) is 4.55. The number of rotatable bonds is 5. The largest absolute Gasteiger partial charge is 0.383 e. The number of nitrogens with zero attached hydrogens (tertiary/aromatic N) is 1. The number of ether oxygens (including phenoxy) is 1. The fraction of sp³-hybridized carbons (Fsp3) is 0.471. The standard InChI is InChI=1S/C17H21FN2O2/c1-22-11-13-4-3-8-20(13)9-7-12-10-15-14(17(21)19-12)5-2-6-16(15)18/h2,5-6,10,13H,3-4,7-9,11H2,1H3,(H,19,21)/t13-/m1/s1. The molecule has 0 saturated carbocycles. The van der Waals surface area contributed by atoms with Gasteiger partial charge in [0.1, 0.15) is 5.82 Å². The zero-order valence-corrected chi connectivity index (χ0v) is 12.8. The van der Waals surface area contributed by atoms with E-state index in [0.29, 0.717) is 23.2 Å². The Balaban J connectivity index is 1.77.